The molecular weight excluding hydrogens is 136 g/mol. The molecule has 0 amide bonds. The quantitative estimate of drug-likeness (QED) is 0.590. The van der Waals surface area contributed by atoms with Crippen LogP contribution < -0.4 is 0 Å². The highest BCUT2D eigenvalue weighted by Gasteiger charge is 2.04. The van der Waals surface area contributed by atoms with E-state index in [2.05, 4.69) is 31.1 Å². The minimum Gasteiger partial charge on any atom is -0.296 e. The summed E-state index contributed by atoms with van der Waals surface area (Å²) in [5.74, 6) is 0. The average molecular weight is 148 g/mol. The Hall–Kier alpha value is -1.18. The van der Waals surface area contributed by atoms with Crippen molar-refractivity contribution in [2.45, 2.75) is 13.8 Å². The molecule has 0 radical (unpaired) electrons. The summed E-state index contributed by atoms with van der Waals surface area (Å²) in [6.45, 7) is 4.26. The second-order valence-corrected chi connectivity index (χ2v) is 3.15. The summed E-state index contributed by atoms with van der Waals surface area (Å²) in [7, 11) is 2.03. The van der Waals surface area contributed by atoms with Gasteiger partial charge in [-0.25, -0.2) is 0 Å². The molecular formula is C9H12N2. The summed E-state index contributed by atoms with van der Waals surface area (Å²) >= 11 is 0. The standard InChI is InChI=1S/C9H12N2/c1-6-4-7(2)9-8(5-6)10-11(9)3/h4-5,10H,1-3H3. The molecule has 0 aliphatic carbocycles. The highest BCUT2D eigenvalue weighted by molar-refractivity contribution is 5.81. The van der Waals surface area contributed by atoms with Gasteiger partial charge in [0.05, 0.1) is 11.0 Å². The fourth-order valence-electron chi connectivity index (χ4n) is 1.67. The van der Waals surface area contributed by atoms with Gasteiger partial charge in [0.25, 0.3) is 0 Å². The van der Waals surface area contributed by atoms with Crippen molar-refractivity contribution in [2.75, 3.05) is 0 Å². The van der Waals surface area contributed by atoms with Crippen LogP contribution in [0.2, 0.25) is 0 Å². The number of aryl methyl sites for hydroxylation is 3. The molecule has 0 bridgehead atoms. The van der Waals surface area contributed by atoms with Crippen molar-refractivity contribution in [1.82, 2.24) is 9.78 Å². The van der Waals surface area contributed by atoms with Gasteiger partial charge in [-0.2, -0.15) is 0 Å². The van der Waals surface area contributed by atoms with E-state index in [1.807, 2.05) is 11.7 Å². The molecule has 0 saturated heterocycles. The van der Waals surface area contributed by atoms with Crippen molar-refractivity contribution in [3.63, 3.8) is 0 Å². The topological polar surface area (TPSA) is 20.7 Å². The largest absolute Gasteiger partial charge is 0.296 e. The minimum atomic E-state index is 1.25. The number of hydrogen-bond acceptors (Lipinski definition) is 0. The molecule has 58 valence electrons. The van der Waals surface area contributed by atoms with Gasteiger partial charge in [-0.3, -0.25) is 9.78 Å². The van der Waals surface area contributed by atoms with E-state index in [1.54, 1.807) is 0 Å². The van der Waals surface area contributed by atoms with Gasteiger partial charge in [-0.1, -0.05) is 6.07 Å². The average Bonchev–Trinajstić information content (AvgIpc) is 1.83. The number of fused-ring (bicyclic) bond motifs is 1. The molecule has 0 unspecified atom stereocenters. The first-order valence-electron chi connectivity index (χ1n) is 3.80. The van der Waals surface area contributed by atoms with E-state index < -0.39 is 0 Å². The van der Waals surface area contributed by atoms with Crippen LogP contribution in [-0.2, 0) is 7.05 Å². The molecule has 2 nitrogen and oxygen atoms in total. The summed E-state index contributed by atoms with van der Waals surface area (Å²) in [6.07, 6.45) is 0. The van der Waals surface area contributed by atoms with Crippen molar-refractivity contribution in [1.29, 1.82) is 0 Å². The van der Waals surface area contributed by atoms with E-state index in [-0.39, 0.29) is 0 Å². The molecule has 1 heterocycles. The Bertz CT molecular complexity index is 393. The molecule has 11 heavy (non-hydrogen) atoms. The number of nitrogens with one attached hydrogen (secondary N) is 1. The number of aromatic amines is 1. The lowest BCUT2D eigenvalue weighted by Crippen LogP contribution is -2.06. The lowest BCUT2D eigenvalue weighted by atomic mass is 10.1. The van der Waals surface area contributed by atoms with Crippen LogP contribution in [0.4, 0.5) is 0 Å². The van der Waals surface area contributed by atoms with Crippen LogP contribution in [0.25, 0.3) is 11.0 Å². The van der Waals surface area contributed by atoms with Crippen LogP contribution in [0.3, 0.4) is 0 Å². The molecule has 0 saturated carbocycles. The molecule has 1 aromatic carbocycles. The minimum absolute atomic E-state index is 1.25. The monoisotopic (exact) mass is 148 g/mol. The van der Waals surface area contributed by atoms with Crippen LogP contribution in [0.15, 0.2) is 12.1 Å². The molecule has 1 N–H and O–H groups in total. The number of aromatic nitrogens is 2. The molecule has 1 aromatic heterocycles. The smallest absolute Gasteiger partial charge is 0.0847 e. The van der Waals surface area contributed by atoms with Crippen molar-refractivity contribution >= 4 is 11.0 Å². The van der Waals surface area contributed by atoms with Gasteiger partial charge < -0.3 is 0 Å². The molecule has 2 rings (SSSR count). The van der Waals surface area contributed by atoms with E-state index in [1.165, 1.54) is 22.2 Å². The van der Waals surface area contributed by atoms with Crippen molar-refractivity contribution < 1.29 is 0 Å². The van der Waals surface area contributed by atoms with Gasteiger partial charge in [-0.05, 0) is 31.0 Å². The molecule has 0 fully saturated rings. The third-order valence-electron chi connectivity index (χ3n) is 2.07. The first-order valence-corrected chi connectivity index (χ1v) is 3.80. The van der Waals surface area contributed by atoms with Gasteiger partial charge >= 0.3 is 0 Å². The second kappa shape index (κ2) is 1.91. The lowest BCUT2D eigenvalue weighted by Gasteiger charge is -2.14. The van der Waals surface area contributed by atoms with Crippen LogP contribution in [0.5, 0.6) is 0 Å². The van der Waals surface area contributed by atoms with Crippen molar-refractivity contribution in [3.8, 4) is 0 Å². The number of H-pyrrole nitrogens is 1. The third kappa shape index (κ3) is 0.788. The summed E-state index contributed by atoms with van der Waals surface area (Å²) in [6, 6.07) is 4.37. The predicted molar refractivity (Wildman–Crippen MR) is 46.7 cm³/mol. The molecule has 2 aromatic rings. The SMILES string of the molecule is Cc1cc(C)c2c(c1)[nH]n2C. The first kappa shape index (κ1) is 6.53. The van der Waals surface area contributed by atoms with Gasteiger partial charge in [0.2, 0.25) is 0 Å². The summed E-state index contributed by atoms with van der Waals surface area (Å²) in [5, 5.41) is 3.20. The zero-order chi connectivity index (χ0) is 8.01. The maximum Gasteiger partial charge on any atom is 0.0847 e. The maximum absolute atomic E-state index is 3.20. The Kier molecular flexibility index (Phi) is 1.13. The zero-order valence-electron chi connectivity index (χ0n) is 7.10. The highest BCUT2D eigenvalue weighted by Crippen LogP contribution is 2.19. The number of nitrogens with zero attached hydrogens (tertiary/aromatic N) is 1. The molecule has 0 spiro atoms. The number of hydrogen-bond donors (Lipinski definition) is 1. The molecule has 0 aliphatic heterocycles. The second-order valence-electron chi connectivity index (χ2n) is 3.15. The lowest BCUT2D eigenvalue weighted by molar-refractivity contribution is 0.758. The predicted octanol–water partition coefficient (Wildman–Crippen LogP) is 2.12. The van der Waals surface area contributed by atoms with Crippen molar-refractivity contribution in [3.05, 3.63) is 23.3 Å². The number of rotatable bonds is 0. The molecule has 2 heteroatoms. The highest BCUT2D eigenvalue weighted by atomic mass is 15.3. The van der Waals surface area contributed by atoms with Crippen LogP contribution in [0, 0.1) is 13.8 Å². The van der Waals surface area contributed by atoms with E-state index in [0.29, 0.717) is 0 Å². The maximum atomic E-state index is 3.20. The Balaban J connectivity index is 2.80. The van der Waals surface area contributed by atoms with Crippen LogP contribution in [-0.4, -0.2) is 9.78 Å². The van der Waals surface area contributed by atoms with E-state index in [0.717, 1.165) is 0 Å². The third-order valence-corrected chi connectivity index (χ3v) is 2.07. The normalized spacial score (nSPS) is 11.2. The van der Waals surface area contributed by atoms with Crippen LogP contribution >= 0.6 is 0 Å². The zero-order valence-corrected chi connectivity index (χ0v) is 7.10. The summed E-state index contributed by atoms with van der Waals surface area (Å²) in [4.78, 5) is 0. The fourth-order valence-corrected chi connectivity index (χ4v) is 1.67. The summed E-state index contributed by atoms with van der Waals surface area (Å²) < 4.78 is 2.05. The Morgan fingerprint density at radius 1 is 1.27 bits per heavy atom. The van der Waals surface area contributed by atoms with Gasteiger partial charge in [0.1, 0.15) is 0 Å². The van der Waals surface area contributed by atoms with Crippen LogP contribution in [0.1, 0.15) is 11.1 Å². The Morgan fingerprint density at radius 3 is 2.55 bits per heavy atom. The fraction of sp³-hybridized carbons (Fsp3) is 0.333. The summed E-state index contributed by atoms with van der Waals surface area (Å²) in [5.41, 5.74) is 5.25. The van der Waals surface area contributed by atoms with Gasteiger partial charge in [0, 0.05) is 7.05 Å². The molecule has 0 atom stereocenters. The van der Waals surface area contributed by atoms with E-state index in [4.69, 9.17) is 0 Å². The first-order chi connectivity index (χ1) is 5.18. The van der Waals surface area contributed by atoms with E-state index in [9.17, 15) is 0 Å². The Labute approximate surface area is 65.8 Å². The van der Waals surface area contributed by atoms with Gasteiger partial charge in [-0.15, -0.1) is 0 Å². The molecule has 0 aliphatic rings. The van der Waals surface area contributed by atoms with Crippen molar-refractivity contribution in [2.24, 2.45) is 7.05 Å². The van der Waals surface area contributed by atoms with Gasteiger partial charge in [0.15, 0.2) is 0 Å². The number of benzene rings is 1. The van der Waals surface area contributed by atoms with E-state index >= 15 is 0 Å². The Morgan fingerprint density at radius 2 is 2.00 bits per heavy atom.